The van der Waals surface area contributed by atoms with E-state index in [1.54, 1.807) is 6.20 Å². The number of pyridine rings is 1. The third-order valence-electron chi connectivity index (χ3n) is 6.48. The fourth-order valence-electron chi connectivity index (χ4n) is 4.51. The Hall–Kier alpha value is -3.06. The number of aromatic nitrogens is 3. The molecule has 0 bridgehead atoms. The highest BCUT2D eigenvalue weighted by Crippen LogP contribution is 2.32. The third-order valence-corrected chi connectivity index (χ3v) is 6.78. The second-order valence-corrected chi connectivity index (χ2v) is 10.8. The van der Waals surface area contributed by atoms with Gasteiger partial charge in [0.25, 0.3) is 0 Å². The van der Waals surface area contributed by atoms with Crippen molar-refractivity contribution in [2.45, 2.75) is 45.8 Å². The summed E-state index contributed by atoms with van der Waals surface area (Å²) in [5, 5.41) is 5.11. The molecule has 1 unspecified atom stereocenters. The SMILES string of the molecule is CC1CN(Cc2nc(Nc3ccc(C(C)(C)C)cc3)c3ccc(-c4ncccc4Cl)cc3n2)CCO1. The van der Waals surface area contributed by atoms with Gasteiger partial charge in [-0.3, -0.25) is 9.88 Å². The van der Waals surface area contributed by atoms with E-state index in [9.17, 15) is 0 Å². The fraction of sp³-hybridized carbons (Fsp3) is 0.345. The van der Waals surface area contributed by atoms with Crippen LogP contribution in [-0.4, -0.2) is 45.7 Å². The summed E-state index contributed by atoms with van der Waals surface area (Å²) in [7, 11) is 0. The Morgan fingerprint density at radius 1 is 1.08 bits per heavy atom. The van der Waals surface area contributed by atoms with Crippen molar-refractivity contribution >= 4 is 34.0 Å². The van der Waals surface area contributed by atoms with E-state index in [0.29, 0.717) is 11.6 Å². The molecule has 7 heteroatoms. The second-order valence-electron chi connectivity index (χ2n) is 10.4. The highest BCUT2D eigenvalue weighted by Gasteiger charge is 2.19. The molecular weight excluding hydrogens is 470 g/mol. The number of fused-ring (bicyclic) bond motifs is 1. The molecule has 0 saturated carbocycles. The van der Waals surface area contributed by atoms with Crippen molar-refractivity contribution in [3.8, 4) is 11.3 Å². The average molecular weight is 502 g/mol. The number of rotatable bonds is 5. The maximum Gasteiger partial charge on any atom is 0.145 e. The zero-order valence-electron chi connectivity index (χ0n) is 21.3. The molecule has 3 heterocycles. The molecule has 0 aliphatic carbocycles. The van der Waals surface area contributed by atoms with Crippen molar-refractivity contribution in [1.29, 1.82) is 0 Å². The number of halogens is 1. The Morgan fingerprint density at radius 2 is 1.89 bits per heavy atom. The second kappa shape index (κ2) is 10.1. The highest BCUT2D eigenvalue weighted by molar-refractivity contribution is 6.33. The molecular formula is C29H32ClN5O. The van der Waals surface area contributed by atoms with E-state index in [0.717, 1.165) is 59.2 Å². The number of benzene rings is 2. The summed E-state index contributed by atoms with van der Waals surface area (Å²) < 4.78 is 5.71. The summed E-state index contributed by atoms with van der Waals surface area (Å²) in [6, 6.07) is 18.4. The van der Waals surface area contributed by atoms with Gasteiger partial charge in [0.15, 0.2) is 0 Å². The lowest BCUT2D eigenvalue weighted by Gasteiger charge is -2.30. The van der Waals surface area contributed by atoms with Crippen LogP contribution < -0.4 is 5.32 Å². The maximum atomic E-state index is 6.44. The van der Waals surface area contributed by atoms with E-state index in [1.807, 2.05) is 30.3 Å². The molecule has 1 atom stereocenters. The van der Waals surface area contributed by atoms with Gasteiger partial charge >= 0.3 is 0 Å². The van der Waals surface area contributed by atoms with E-state index < -0.39 is 0 Å². The molecule has 1 N–H and O–H groups in total. The quantitative estimate of drug-likeness (QED) is 0.332. The van der Waals surface area contributed by atoms with Crippen LogP contribution in [0.1, 0.15) is 39.1 Å². The molecule has 2 aromatic heterocycles. The first-order valence-electron chi connectivity index (χ1n) is 12.4. The molecule has 1 aliphatic heterocycles. The van der Waals surface area contributed by atoms with Crippen LogP contribution in [0.4, 0.5) is 11.5 Å². The number of anilines is 2. The molecule has 186 valence electrons. The van der Waals surface area contributed by atoms with Gasteiger partial charge in [0.1, 0.15) is 11.6 Å². The molecule has 4 aromatic rings. The molecule has 0 amide bonds. The number of hydrogen-bond donors (Lipinski definition) is 1. The minimum Gasteiger partial charge on any atom is -0.376 e. The van der Waals surface area contributed by atoms with Crippen LogP contribution >= 0.6 is 11.6 Å². The van der Waals surface area contributed by atoms with Crippen LogP contribution in [0.2, 0.25) is 5.02 Å². The van der Waals surface area contributed by atoms with Gasteiger partial charge in [0.2, 0.25) is 0 Å². The molecule has 0 radical (unpaired) electrons. The first-order chi connectivity index (χ1) is 17.3. The largest absolute Gasteiger partial charge is 0.376 e. The number of nitrogens with one attached hydrogen (secondary N) is 1. The van der Waals surface area contributed by atoms with E-state index in [2.05, 4.69) is 67.2 Å². The predicted molar refractivity (Wildman–Crippen MR) is 147 cm³/mol. The molecule has 36 heavy (non-hydrogen) atoms. The van der Waals surface area contributed by atoms with E-state index in [1.165, 1.54) is 5.56 Å². The van der Waals surface area contributed by atoms with Crippen LogP contribution in [0.5, 0.6) is 0 Å². The number of nitrogens with zero attached hydrogens (tertiary/aromatic N) is 4. The summed E-state index contributed by atoms with van der Waals surface area (Å²) in [6.45, 7) is 11.9. The van der Waals surface area contributed by atoms with Crippen LogP contribution in [0.25, 0.3) is 22.2 Å². The van der Waals surface area contributed by atoms with E-state index >= 15 is 0 Å². The van der Waals surface area contributed by atoms with Gasteiger partial charge in [-0.25, -0.2) is 9.97 Å². The van der Waals surface area contributed by atoms with Crippen LogP contribution in [0.3, 0.4) is 0 Å². The minimum absolute atomic E-state index is 0.103. The molecule has 2 aromatic carbocycles. The normalized spacial score (nSPS) is 16.9. The van der Waals surface area contributed by atoms with Crippen molar-refractivity contribution in [3.05, 3.63) is 77.2 Å². The minimum atomic E-state index is 0.103. The van der Waals surface area contributed by atoms with Crippen LogP contribution in [-0.2, 0) is 16.7 Å². The molecule has 1 fully saturated rings. The van der Waals surface area contributed by atoms with Crippen LogP contribution in [0.15, 0.2) is 60.8 Å². The lowest BCUT2D eigenvalue weighted by Crippen LogP contribution is -2.40. The van der Waals surface area contributed by atoms with Crippen molar-refractivity contribution in [3.63, 3.8) is 0 Å². The molecule has 6 nitrogen and oxygen atoms in total. The number of hydrogen-bond acceptors (Lipinski definition) is 6. The Labute approximate surface area is 217 Å². The fourth-order valence-corrected chi connectivity index (χ4v) is 4.74. The van der Waals surface area contributed by atoms with Gasteiger partial charge in [-0.05, 0) is 54.3 Å². The van der Waals surface area contributed by atoms with Gasteiger partial charge in [-0.2, -0.15) is 0 Å². The van der Waals surface area contributed by atoms with Crippen LogP contribution in [0, 0.1) is 0 Å². The van der Waals surface area contributed by atoms with Gasteiger partial charge in [-0.1, -0.05) is 50.6 Å². The highest BCUT2D eigenvalue weighted by atomic mass is 35.5. The summed E-state index contributed by atoms with van der Waals surface area (Å²) in [5.74, 6) is 1.56. The predicted octanol–water partition coefficient (Wildman–Crippen LogP) is 6.61. The standard InChI is InChI=1S/C29H32ClN5O/c1-19-17-35(14-15-36-19)18-26-33-25-16-20(27-24(30)6-5-13-31-27)7-12-23(25)28(34-26)32-22-10-8-21(9-11-22)29(2,3)4/h5-13,16,19H,14-15,17-18H2,1-4H3,(H,32,33,34). The van der Waals surface area contributed by atoms with Gasteiger partial charge in [0, 0.05) is 35.9 Å². The number of ether oxygens (including phenoxy) is 1. The van der Waals surface area contributed by atoms with Gasteiger partial charge in [0.05, 0.1) is 35.5 Å². The molecule has 0 spiro atoms. The van der Waals surface area contributed by atoms with Crippen molar-refractivity contribution in [2.24, 2.45) is 0 Å². The first-order valence-corrected chi connectivity index (χ1v) is 12.8. The zero-order chi connectivity index (χ0) is 25.3. The Morgan fingerprint density at radius 3 is 2.61 bits per heavy atom. The molecule has 5 rings (SSSR count). The summed E-state index contributed by atoms with van der Waals surface area (Å²) in [5.41, 5.74) is 4.92. The van der Waals surface area contributed by atoms with Crippen molar-refractivity contribution < 1.29 is 4.74 Å². The summed E-state index contributed by atoms with van der Waals surface area (Å²) in [4.78, 5) is 16.7. The van der Waals surface area contributed by atoms with Gasteiger partial charge in [-0.15, -0.1) is 0 Å². The van der Waals surface area contributed by atoms with Crippen molar-refractivity contribution in [2.75, 3.05) is 25.0 Å². The smallest absolute Gasteiger partial charge is 0.145 e. The first kappa shape index (κ1) is 24.6. The lowest BCUT2D eigenvalue weighted by atomic mass is 9.87. The summed E-state index contributed by atoms with van der Waals surface area (Å²) in [6.07, 6.45) is 1.96. The summed E-state index contributed by atoms with van der Waals surface area (Å²) >= 11 is 6.44. The average Bonchev–Trinajstić information content (AvgIpc) is 2.84. The lowest BCUT2D eigenvalue weighted by molar-refractivity contribution is -0.0219. The number of morpholine rings is 1. The Bertz CT molecular complexity index is 1370. The molecule has 1 saturated heterocycles. The van der Waals surface area contributed by atoms with Gasteiger partial charge < -0.3 is 10.1 Å². The topological polar surface area (TPSA) is 63.2 Å². The van der Waals surface area contributed by atoms with E-state index in [4.69, 9.17) is 26.3 Å². The Kier molecular flexibility index (Phi) is 6.93. The zero-order valence-corrected chi connectivity index (χ0v) is 22.0. The van der Waals surface area contributed by atoms with Crippen molar-refractivity contribution in [1.82, 2.24) is 19.9 Å². The van der Waals surface area contributed by atoms with E-state index in [-0.39, 0.29) is 11.5 Å². The monoisotopic (exact) mass is 501 g/mol. The molecule has 1 aliphatic rings. The maximum absolute atomic E-state index is 6.44. The third kappa shape index (κ3) is 5.51. The Balaban J connectivity index is 1.54.